The van der Waals surface area contributed by atoms with E-state index in [0.717, 1.165) is 5.56 Å². The summed E-state index contributed by atoms with van der Waals surface area (Å²) in [5.41, 5.74) is 2.13. The van der Waals surface area contributed by atoms with Crippen LogP contribution in [-0.4, -0.2) is 48.9 Å². The zero-order valence-electron chi connectivity index (χ0n) is 14.3. The van der Waals surface area contributed by atoms with Gasteiger partial charge in [0.15, 0.2) is 6.29 Å². The van der Waals surface area contributed by atoms with E-state index in [0.29, 0.717) is 36.8 Å². The molecule has 1 aromatic rings. The largest absolute Gasteiger partial charge is 0.378 e. The number of piperidine rings is 1. The molecule has 1 aromatic carbocycles. The molecule has 0 radical (unpaired) electrons. The van der Waals surface area contributed by atoms with Crippen molar-refractivity contribution >= 4 is 30.1 Å². The highest BCUT2D eigenvalue weighted by atomic mass is 16.2. The fourth-order valence-corrected chi connectivity index (χ4v) is 2.95. The normalized spacial score (nSPS) is 16.8. The van der Waals surface area contributed by atoms with Crippen molar-refractivity contribution in [2.75, 3.05) is 18.9 Å². The molecule has 25 heavy (non-hydrogen) atoms. The van der Waals surface area contributed by atoms with Gasteiger partial charge in [0.25, 0.3) is 5.91 Å². The maximum Gasteiger partial charge on any atom is 0.256 e. The molecule has 1 unspecified atom stereocenters. The molecule has 2 amide bonds. The van der Waals surface area contributed by atoms with E-state index in [-0.39, 0.29) is 35.5 Å². The van der Waals surface area contributed by atoms with Crippen LogP contribution in [0.5, 0.6) is 0 Å². The van der Waals surface area contributed by atoms with Gasteiger partial charge >= 0.3 is 0 Å². The van der Waals surface area contributed by atoms with Gasteiger partial charge in [-0.05, 0) is 31.0 Å². The number of amides is 2. The van der Waals surface area contributed by atoms with Crippen molar-refractivity contribution in [3.05, 3.63) is 41.1 Å². The molecule has 1 fully saturated rings. The van der Waals surface area contributed by atoms with Crippen LogP contribution < -0.4 is 10.6 Å². The van der Waals surface area contributed by atoms with Gasteiger partial charge in [-0.1, -0.05) is 6.58 Å². The molecule has 1 atom stereocenters. The molecular formula is C18H21N3O4. The summed E-state index contributed by atoms with van der Waals surface area (Å²) < 4.78 is 0. The van der Waals surface area contributed by atoms with Gasteiger partial charge in [-0.15, -0.1) is 0 Å². The minimum atomic E-state index is -0.377. The van der Waals surface area contributed by atoms with Crippen molar-refractivity contribution in [1.82, 2.24) is 10.2 Å². The van der Waals surface area contributed by atoms with Crippen LogP contribution in [0.4, 0.5) is 5.69 Å². The Morgan fingerprint density at radius 3 is 2.76 bits per heavy atom. The van der Waals surface area contributed by atoms with Crippen molar-refractivity contribution in [3.63, 3.8) is 0 Å². The number of carbonyl (C=O) groups is 4. The van der Waals surface area contributed by atoms with Gasteiger partial charge < -0.3 is 20.3 Å². The predicted molar refractivity (Wildman–Crippen MR) is 93.5 cm³/mol. The molecule has 0 bridgehead atoms. The second-order valence-corrected chi connectivity index (χ2v) is 5.99. The summed E-state index contributed by atoms with van der Waals surface area (Å²) >= 11 is 0. The zero-order chi connectivity index (χ0) is 18.6. The lowest BCUT2D eigenvalue weighted by atomic mass is 9.98. The number of nitrogens with zero attached hydrogens (tertiary/aromatic N) is 1. The molecule has 1 aliphatic rings. The van der Waals surface area contributed by atoms with Gasteiger partial charge in [0.1, 0.15) is 6.29 Å². The topological polar surface area (TPSA) is 95.6 Å². The lowest BCUT2D eigenvalue weighted by molar-refractivity contribution is -0.121. The summed E-state index contributed by atoms with van der Waals surface area (Å²) in [6.07, 6.45) is 2.06. The Hall–Kier alpha value is -2.96. The minimum Gasteiger partial charge on any atom is -0.378 e. The zero-order valence-corrected chi connectivity index (χ0v) is 14.3. The van der Waals surface area contributed by atoms with E-state index < -0.39 is 0 Å². The number of benzene rings is 1. The van der Waals surface area contributed by atoms with Gasteiger partial charge in [-0.2, -0.15) is 0 Å². The van der Waals surface area contributed by atoms with Crippen LogP contribution in [0.3, 0.4) is 0 Å². The molecule has 132 valence electrons. The monoisotopic (exact) mass is 343 g/mol. The molecule has 7 heteroatoms. The predicted octanol–water partition coefficient (Wildman–Crippen LogP) is 1.28. The Balaban J connectivity index is 2.39. The molecule has 2 rings (SSSR count). The summed E-state index contributed by atoms with van der Waals surface area (Å²) in [7, 11) is 1.60. The van der Waals surface area contributed by atoms with Crippen LogP contribution in [-0.2, 0) is 9.59 Å². The van der Waals surface area contributed by atoms with E-state index in [4.69, 9.17) is 0 Å². The molecule has 0 saturated carbocycles. The minimum absolute atomic E-state index is 0.0257. The maximum atomic E-state index is 13.0. The summed E-state index contributed by atoms with van der Waals surface area (Å²) in [6.45, 7) is 5.64. The molecule has 1 aliphatic heterocycles. The van der Waals surface area contributed by atoms with Crippen molar-refractivity contribution < 1.29 is 19.2 Å². The molecule has 2 N–H and O–H groups in total. The first-order chi connectivity index (χ1) is 11.9. The lowest BCUT2D eigenvalue weighted by Crippen LogP contribution is -2.46. The van der Waals surface area contributed by atoms with Gasteiger partial charge in [0, 0.05) is 30.4 Å². The van der Waals surface area contributed by atoms with Gasteiger partial charge in [0.05, 0.1) is 18.2 Å². The molecule has 0 spiro atoms. The van der Waals surface area contributed by atoms with Crippen LogP contribution in [0.25, 0.3) is 0 Å². The first kappa shape index (κ1) is 18.4. The quantitative estimate of drug-likeness (QED) is 0.759. The second kappa shape index (κ2) is 7.74. The number of aldehydes is 2. The summed E-state index contributed by atoms with van der Waals surface area (Å²) in [5.74, 6) is -0.503. The van der Waals surface area contributed by atoms with Crippen LogP contribution >= 0.6 is 0 Å². The van der Waals surface area contributed by atoms with Crippen LogP contribution in [0, 0.1) is 6.92 Å². The van der Waals surface area contributed by atoms with E-state index in [9.17, 15) is 19.2 Å². The van der Waals surface area contributed by atoms with E-state index in [1.165, 1.54) is 4.90 Å². The fourth-order valence-electron chi connectivity index (χ4n) is 2.95. The van der Waals surface area contributed by atoms with E-state index >= 15 is 0 Å². The lowest BCUT2D eigenvalue weighted by Gasteiger charge is -2.33. The van der Waals surface area contributed by atoms with Gasteiger partial charge in [-0.3, -0.25) is 14.4 Å². The Kier molecular flexibility index (Phi) is 5.69. The number of hydrogen-bond acceptors (Lipinski definition) is 5. The van der Waals surface area contributed by atoms with Crippen LogP contribution in [0.2, 0.25) is 0 Å². The molecular weight excluding hydrogens is 322 g/mol. The molecule has 1 saturated heterocycles. The maximum absolute atomic E-state index is 13.0. The number of anilines is 1. The van der Waals surface area contributed by atoms with Crippen molar-refractivity contribution in [3.8, 4) is 0 Å². The number of rotatable bonds is 6. The third kappa shape index (κ3) is 3.93. The highest BCUT2D eigenvalue weighted by molar-refractivity contribution is 6.06. The number of nitrogens with one attached hydrogen (secondary N) is 2. The smallest absolute Gasteiger partial charge is 0.256 e. The summed E-state index contributed by atoms with van der Waals surface area (Å²) in [4.78, 5) is 48.1. The Bertz CT molecular complexity index is 742. The van der Waals surface area contributed by atoms with Crippen molar-refractivity contribution in [2.24, 2.45) is 0 Å². The Morgan fingerprint density at radius 2 is 2.16 bits per heavy atom. The van der Waals surface area contributed by atoms with Gasteiger partial charge in [0.2, 0.25) is 5.91 Å². The molecule has 0 aromatic heterocycles. The van der Waals surface area contributed by atoms with E-state index in [1.807, 2.05) is 0 Å². The van der Waals surface area contributed by atoms with Crippen LogP contribution in [0.15, 0.2) is 24.4 Å². The third-order valence-corrected chi connectivity index (χ3v) is 4.16. The van der Waals surface area contributed by atoms with E-state index in [1.54, 1.807) is 26.1 Å². The summed E-state index contributed by atoms with van der Waals surface area (Å²) in [5, 5.41) is 5.51. The molecule has 1 heterocycles. The molecule has 0 aliphatic carbocycles. The van der Waals surface area contributed by atoms with E-state index in [2.05, 4.69) is 17.2 Å². The highest BCUT2D eigenvalue weighted by Gasteiger charge is 2.30. The van der Waals surface area contributed by atoms with Crippen molar-refractivity contribution in [2.45, 2.75) is 25.8 Å². The standard InChI is InChI=1S/C18H21N3O4/c1-11-8-13(10-23)17(14(9-11)19-6-7-22)18(25)21(3)15-4-5-16(24)20-12(15)2/h7-10,15,19H,2,4-6H2,1,3H3,(H,20,24). The first-order valence-corrected chi connectivity index (χ1v) is 7.92. The number of hydrogen-bond donors (Lipinski definition) is 2. The van der Waals surface area contributed by atoms with Crippen molar-refractivity contribution in [1.29, 1.82) is 0 Å². The Labute approximate surface area is 146 Å². The number of likely N-dealkylation sites (N-methyl/N-ethyl adjacent to an activating group) is 1. The average Bonchev–Trinajstić information content (AvgIpc) is 2.58. The van der Waals surface area contributed by atoms with Crippen LogP contribution in [0.1, 0.15) is 39.1 Å². The van der Waals surface area contributed by atoms with Gasteiger partial charge in [-0.25, -0.2) is 0 Å². The Morgan fingerprint density at radius 1 is 1.44 bits per heavy atom. The average molecular weight is 343 g/mol. The molecule has 7 nitrogen and oxygen atoms in total. The SMILES string of the molecule is C=C1NC(=O)CCC1N(C)C(=O)c1c(C=O)cc(C)cc1NCC=O. The number of aryl methyl sites for hydroxylation is 1. The second-order valence-electron chi connectivity index (χ2n) is 5.99. The first-order valence-electron chi connectivity index (χ1n) is 7.92. The highest BCUT2D eigenvalue weighted by Crippen LogP contribution is 2.26. The fraction of sp³-hybridized carbons (Fsp3) is 0.333. The summed E-state index contributed by atoms with van der Waals surface area (Å²) in [6, 6.07) is 2.98. The number of carbonyl (C=O) groups excluding carboxylic acids is 4. The third-order valence-electron chi connectivity index (χ3n) is 4.16.